The predicted octanol–water partition coefficient (Wildman–Crippen LogP) is 6.04. The van der Waals surface area contributed by atoms with E-state index in [0.29, 0.717) is 46.3 Å². The van der Waals surface area contributed by atoms with Crippen LogP contribution in [0, 0.1) is 0 Å². The van der Waals surface area contributed by atoms with E-state index in [0.717, 1.165) is 4.47 Å². The molecule has 0 spiro atoms. The summed E-state index contributed by atoms with van der Waals surface area (Å²) in [5.41, 5.74) is 1.58. The number of fused-ring (bicyclic) bond motifs is 1. The minimum atomic E-state index is -0.565. The maximum absolute atomic E-state index is 13.6. The molecule has 1 aromatic heterocycles. The van der Waals surface area contributed by atoms with Gasteiger partial charge in [-0.2, -0.15) is 0 Å². The van der Waals surface area contributed by atoms with Crippen molar-refractivity contribution in [3.8, 4) is 5.69 Å². The largest absolute Gasteiger partial charge is 0.383 e. The fourth-order valence-corrected chi connectivity index (χ4v) is 4.36. The molecule has 1 heterocycles. The molecule has 0 aliphatic heterocycles. The molecule has 1 atom stereocenters. The molecule has 4 rings (SSSR count). The van der Waals surface area contributed by atoms with E-state index in [-0.39, 0.29) is 11.6 Å². The third-order valence-corrected chi connectivity index (χ3v) is 6.35. The second kappa shape index (κ2) is 11.0. The molecular weight excluding hydrogens is 532 g/mol. The first-order valence-electron chi connectivity index (χ1n) is 11.0. The van der Waals surface area contributed by atoms with Crippen LogP contribution in [0.15, 0.2) is 82.1 Å². The number of nitrogens with one attached hydrogen (secondary N) is 1. The minimum absolute atomic E-state index is 0.223. The van der Waals surface area contributed by atoms with E-state index in [1.165, 1.54) is 4.57 Å². The minimum Gasteiger partial charge on any atom is -0.383 e. The van der Waals surface area contributed by atoms with Crippen molar-refractivity contribution in [1.29, 1.82) is 0 Å². The predicted molar refractivity (Wildman–Crippen MR) is 143 cm³/mol. The molecule has 0 aliphatic rings. The number of anilines is 1. The maximum Gasteiger partial charge on any atom is 0.322 e. The highest BCUT2D eigenvalue weighted by molar-refractivity contribution is 9.10. The standard InChI is InChI=1S/C26H24BrClN4O3/c1-17(31(14-15-35-2)26(34)29-20-7-5-6-18(27)16-20)24-30-23-9-4-3-8-22(23)25(33)32(24)21-12-10-19(28)11-13-21/h3-13,16-17H,14-15H2,1-2H3,(H,29,34). The third kappa shape index (κ3) is 5.56. The number of rotatable bonds is 7. The van der Waals surface area contributed by atoms with Crippen molar-refractivity contribution in [2.24, 2.45) is 0 Å². The van der Waals surface area contributed by atoms with Crippen LogP contribution in [0.2, 0.25) is 5.02 Å². The first-order chi connectivity index (χ1) is 16.9. The zero-order chi connectivity index (χ0) is 24.9. The topological polar surface area (TPSA) is 76.5 Å². The van der Waals surface area contributed by atoms with Gasteiger partial charge in [0.15, 0.2) is 0 Å². The summed E-state index contributed by atoms with van der Waals surface area (Å²) in [5.74, 6) is 0.427. The van der Waals surface area contributed by atoms with Crippen molar-refractivity contribution in [3.63, 3.8) is 0 Å². The Kier molecular flexibility index (Phi) is 7.85. The monoisotopic (exact) mass is 554 g/mol. The van der Waals surface area contributed by atoms with E-state index in [2.05, 4.69) is 21.2 Å². The van der Waals surface area contributed by atoms with Crippen molar-refractivity contribution >= 4 is 50.2 Å². The van der Waals surface area contributed by atoms with E-state index >= 15 is 0 Å². The van der Waals surface area contributed by atoms with E-state index < -0.39 is 6.04 Å². The van der Waals surface area contributed by atoms with Gasteiger partial charge in [0.2, 0.25) is 0 Å². The summed E-state index contributed by atoms with van der Waals surface area (Å²) >= 11 is 9.52. The number of hydrogen-bond donors (Lipinski definition) is 1. The van der Waals surface area contributed by atoms with Gasteiger partial charge in [-0.25, -0.2) is 9.78 Å². The van der Waals surface area contributed by atoms with Gasteiger partial charge in [0.1, 0.15) is 5.82 Å². The second-order valence-corrected chi connectivity index (χ2v) is 9.26. The van der Waals surface area contributed by atoms with Crippen molar-refractivity contribution in [2.75, 3.05) is 25.6 Å². The molecule has 1 unspecified atom stereocenters. The van der Waals surface area contributed by atoms with Crippen LogP contribution in [-0.4, -0.2) is 40.7 Å². The highest BCUT2D eigenvalue weighted by atomic mass is 79.9. The fraction of sp³-hybridized carbons (Fsp3) is 0.192. The molecule has 9 heteroatoms. The Labute approximate surface area is 216 Å². The zero-order valence-electron chi connectivity index (χ0n) is 19.2. The Hall–Kier alpha value is -3.20. The van der Waals surface area contributed by atoms with Crippen LogP contribution in [0.5, 0.6) is 0 Å². The average Bonchev–Trinajstić information content (AvgIpc) is 2.85. The first-order valence-corrected chi connectivity index (χ1v) is 12.2. The van der Waals surface area contributed by atoms with Crippen LogP contribution >= 0.6 is 27.5 Å². The van der Waals surface area contributed by atoms with Crippen molar-refractivity contribution in [3.05, 3.63) is 98.5 Å². The van der Waals surface area contributed by atoms with Gasteiger partial charge in [-0.1, -0.05) is 45.7 Å². The summed E-state index contributed by atoms with van der Waals surface area (Å²) in [7, 11) is 1.58. The lowest BCUT2D eigenvalue weighted by Crippen LogP contribution is -2.41. The quantitative estimate of drug-likeness (QED) is 0.301. The lowest BCUT2D eigenvalue weighted by molar-refractivity contribution is 0.137. The van der Waals surface area contributed by atoms with E-state index in [1.54, 1.807) is 60.5 Å². The van der Waals surface area contributed by atoms with E-state index in [9.17, 15) is 9.59 Å². The lowest BCUT2D eigenvalue weighted by Gasteiger charge is -2.30. The summed E-state index contributed by atoms with van der Waals surface area (Å²) in [6.45, 7) is 2.45. The number of halogens is 2. The molecule has 180 valence electrons. The number of carbonyl (C=O) groups excluding carboxylic acids is 1. The molecule has 2 amide bonds. The molecule has 0 bridgehead atoms. The van der Waals surface area contributed by atoms with Gasteiger partial charge in [-0.3, -0.25) is 9.36 Å². The molecule has 0 aliphatic carbocycles. The molecule has 7 nitrogen and oxygen atoms in total. The summed E-state index contributed by atoms with van der Waals surface area (Å²) < 4.78 is 7.65. The number of nitrogens with zero attached hydrogens (tertiary/aromatic N) is 3. The van der Waals surface area contributed by atoms with Crippen LogP contribution in [0.25, 0.3) is 16.6 Å². The number of urea groups is 1. The molecule has 4 aromatic rings. The molecule has 0 fully saturated rings. The zero-order valence-corrected chi connectivity index (χ0v) is 21.6. The maximum atomic E-state index is 13.6. The molecule has 0 saturated carbocycles. The van der Waals surface area contributed by atoms with Crippen LogP contribution in [0.1, 0.15) is 18.8 Å². The number of benzene rings is 3. The van der Waals surface area contributed by atoms with Crippen LogP contribution in [-0.2, 0) is 4.74 Å². The van der Waals surface area contributed by atoms with E-state index in [4.69, 9.17) is 21.3 Å². The molecule has 3 aromatic carbocycles. The Morgan fingerprint density at radius 1 is 1.14 bits per heavy atom. The number of amides is 2. The van der Waals surface area contributed by atoms with E-state index in [1.807, 2.05) is 31.2 Å². The van der Waals surface area contributed by atoms with Gasteiger partial charge < -0.3 is 15.0 Å². The SMILES string of the molecule is COCCN(C(=O)Nc1cccc(Br)c1)C(C)c1nc2ccccc2c(=O)n1-c1ccc(Cl)cc1. The highest BCUT2D eigenvalue weighted by Crippen LogP contribution is 2.25. The van der Waals surface area contributed by atoms with Crippen LogP contribution in [0.4, 0.5) is 10.5 Å². The number of ether oxygens (including phenoxy) is 1. The van der Waals surface area contributed by atoms with Crippen LogP contribution < -0.4 is 10.9 Å². The number of para-hydroxylation sites is 1. The lowest BCUT2D eigenvalue weighted by atomic mass is 10.2. The normalized spacial score (nSPS) is 11.9. The molecule has 0 radical (unpaired) electrons. The molecule has 0 saturated heterocycles. The van der Waals surface area contributed by atoms with Gasteiger partial charge in [-0.15, -0.1) is 0 Å². The third-order valence-electron chi connectivity index (χ3n) is 5.60. The molecular formula is C26H24BrClN4O3. The second-order valence-electron chi connectivity index (χ2n) is 7.91. The smallest absolute Gasteiger partial charge is 0.322 e. The number of hydrogen-bond acceptors (Lipinski definition) is 4. The van der Waals surface area contributed by atoms with Gasteiger partial charge in [0.25, 0.3) is 5.56 Å². The molecule has 1 N–H and O–H groups in total. The number of aromatic nitrogens is 2. The Morgan fingerprint density at radius 3 is 2.60 bits per heavy atom. The summed E-state index contributed by atoms with van der Waals surface area (Å²) in [5, 5.41) is 3.97. The Bertz CT molecular complexity index is 1410. The number of carbonyl (C=O) groups is 1. The van der Waals surface area contributed by atoms with Crippen LogP contribution in [0.3, 0.4) is 0 Å². The molecule has 35 heavy (non-hydrogen) atoms. The highest BCUT2D eigenvalue weighted by Gasteiger charge is 2.27. The van der Waals surface area contributed by atoms with Crippen molar-refractivity contribution in [1.82, 2.24) is 14.5 Å². The van der Waals surface area contributed by atoms with Gasteiger partial charge in [-0.05, 0) is 61.5 Å². The fourth-order valence-electron chi connectivity index (χ4n) is 3.83. The van der Waals surface area contributed by atoms with Gasteiger partial charge >= 0.3 is 6.03 Å². The summed E-state index contributed by atoms with van der Waals surface area (Å²) in [6.07, 6.45) is 0. The van der Waals surface area contributed by atoms with Crippen molar-refractivity contribution in [2.45, 2.75) is 13.0 Å². The first kappa shape index (κ1) is 24.9. The van der Waals surface area contributed by atoms with Gasteiger partial charge in [0, 0.05) is 28.8 Å². The number of methoxy groups -OCH3 is 1. The Morgan fingerprint density at radius 2 is 1.89 bits per heavy atom. The Balaban J connectivity index is 1.82. The van der Waals surface area contributed by atoms with Crippen molar-refractivity contribution < 1.29 is 9.53 Å². The van der Waals surface area contributed by atoms with Gasteiger partial charge in [0.05, 0.1) is 29.2 Å². The summed E-state index contributed by atoms with van der Waals surface area (Å²) in [6, 6.07) is 20.6. The summed E-state index contributed by atoms with van der Waals surface area (Å²) in [4.78, 5) is 33.4. The average molecular weight is 556 g/mol.